The molecule has 5 nitrogen and oxygen atoms in total. The van der Waals surface area contributed by atoms with Gasteiger partial charge in [-0.1, -0.05) is 30.6 Å². The van der Waals surface area contributed by atoms with Crippen molar-refractivity contribution >= 4 is 34.1 Å². The predicted octanol–water partition coefficient (Wildman–Crippen LogP) is 2.77. The van der Waals surface area contributed by atoms with Crippen LogP contribution >= 0.6 is 23.1 Å². The van der Waals surface area contributed by atoms with E-state index in [0.717, 1.165) is 13.1 Å². The van der Waals surface area contributed by atoms with Gasteiger partial charge in [0.25, 0.3) is 5.91 Å². The van der Waals surface area contributed by atoms with Crippen molar-refractivity contribution in [1.29, 1.82) is 0 Å². The number of carbonyl (C=O) groups is 1. The van der Waals surface area contributed by atoms with Crippen LogP contribution in [0.4, 0.5) is 5.13 Å². The van der Waals surface area contributed by atoms with E-state index in [9.17, 15) is 4.79 Å². The van der Waals surface area contributed by atoms with Gasteiger partial charge in [0.1, 0.15) is 0 Å². The third kappa shape index (κ3) is 3.85. The molecule has 112 valence electrons. The first-order chi connectivity index (χ1) is 9.69. The van der Waals surface area contributed by atoms with E-state index in [0.29, 0.717) is 10.1 Å². The minimum atomic E-state index is -0.106. The summed E-state index contributed by atoms with van der Waals surface area (Å²) in [6.07, 6.45) is 8.37. The number of anilines is 1. The lowest BCUT2D eigenvalue weighted by atomic mass is 9.88. The average molecular weight is 314 g/mol. The number of rotatable bonds is 6. The highest BCUT2D eigenvalue weighted by Gasteiger charge is 2.31. The zero-order valence-electron chi connectivity index (χ0n) is 12.1. The van der Waals surface area contributed by atoms with Gasteiger partial charge in [-0.25, -0.2) is 0 Å². The van der Waals surface area contributed by atoms with E-state index in [1.807, 2.05) is 18.7 Å². The molecule has 1 aromatic heterocycles. The molecule has 2 rings (SSSR count). The summed E-state index contributed by atoms with van der Waals surface area (Å²) >= 11 is 3.19. The monoisotopic (exact) mass is 314 g/mol. The van der Waals surface area contributed by atoms with Crippen LogP contribution in [0.5, 0.6) is 0 Å². The molecule has 0 bridgehead atoms. The highest BCUT2D eigenvalue weighted by molar-refractivity contribution is 8.00. The van der Waals surface area contributed by atoms with E-state index in [4.69, 9.17) is 0 Å². The lowest BCUT2D eigenvalue weighted by molar-refractivity contribution is 0.0946. The van der Waals surface area contributed by atoms with E-state index >= 15 is 0 Å². The SMILES string of the molecule is CCNc1nnc(C(=O)NCC2(SC)CCCCC2)s1. The van der Waals surface area contributed by atoms with E-state index in [2.05, 4.69) is 27.1 Å². The molecule has 0 atom stereocenters. The molecule has 1 aromatic rings. The van der Waals surface area contributed by atoms with Crippen LogP contribution in [0.2, 0.25) is 0 Å². The van der Waals surface area contributed by atoms with E-state index < -0.39 is 0 Å². The van der Waals surface area contributed by atoms with E-state index in [-0.39, 0.29) is 10.7 Å². The minimum Gasteiger partial charge on any atom is -0.360 e. The second-order valence-corrected chi connectivity index (χ2v) is 7.32. The second-order valence-electron chi connectivity index (χ2n) is 5.07. The summed E-state index contributed by atoms with van der Waals surface area (Å²) in [5, 5.41) is 15.1. The number of thioether (sulfide) groups is 1. The fourth-order valence-electron chi connectivity index (χ4n) is 2.50. The summed E-state index contributed by atoms with van der Waals surface area (Å²) in [5.41, 5.74) is 0. The molecule has 1 aliphatic carbocycles. The summed E-state index contributed by atoms with van der Waals surface area (Å²) in [4.78, 5) is 12.1. The highest BCUT2D eigenvalue weighted by Crippen LogP contribution is 2.38. The maximum absolute atomic E-state index is 12.1. The number of nitrogens with zero attached hydrogens (tertiary/aromatic N) is 2. The molecular formula is C13H22N4OS2. The number of hydrogen-bond acceptors (Lipinski definition) is 6. The Labute approximate surface area is 128 Å². The summed E-state index contributed by atoms with van der Waals surface area (Å²) in [6, 6.07) is 0. The van der Waals surface area contributed by atoms with Crippen LogP contribution in [-0.4, -0.2) is 40.2 Å². The van der Waals surface area contributed by atoms with Gasteiger partial charge in [0.2, 0.25) is 10.1 Å². The first-order valence-electron chi connectivity index (χ1n) is 7.10. The third-order valence-electron chi connectivity index (χ3n) is 3.72. The van der Waals surface area contributed by atoms with Crippen LogP contribution in [-0.2, 0) is 0 Å². The molecule has 0 aliphatic heterocycles. The van der Waals surface area contributed by atoms with Crippen LogP contribution in [0, 0.1) is 0 Å². The molecule has 0 spiro atoms. The quantitative estimate of drug-likeness (QED) is 0.845. The summed E-state index contributed by atoms with van der Waals surface area (Å²) in [6.45, 7) is 3.50. The first kappa shape index (κ1) is 15.6. The van der Waals surface area contributed by atoms with Crippen LogP contribution in [0.25, 0.3) is 0 Å². The maximum Gasteiger partial charge on any atom is 0.282 e. The number of aromatic nitrogens is 2. The molecule has 7 heteroatoms. The Kier molecular flexibility index (Phi) is 5.65. The van der Waals surface area contributed by atoms with Crippen LogP contribution in [0.15, 0.2) is 0 Å². The smallest absolute Gasteiger partial charge is 0.282 e. The van der Waals surface area contributed by atoms with E-state index in [1.54, 1.807) is 0 Å². The molecule has 0 saturated heterocycles. The summed E-state index contributed by atoms with van der Waals surface area (Å²) in [5.74, 6) is -0.106. The largest absolute Gasteiger partial charge is 0.360 e. The Morgan fingerprint density at radius 1 is 1.35 bits per heavy atom. The normalized spacial score (nSPS) is 17.7. The molecule has 1 fully saturated rings. The molecule has 1 aliphatic rings. The Morgan fingerprint density at radius 2 is 2.10 bits per heavy atom. The van der Waals surface area contributed by atoms with Crippen molar-refractivity contribution < 1.29 is 4.79 Å². The fraction of sp³-hybridized carbons (Fsp3) is 0.769. The van der Waals surface area contributed by atoms with Crippen molar-refractivity contribution in [2.24, 2.45) is 0 Å². The predicted molar refractivity (Wildman–Crippen MR) is 85.7 cm³/mol. The fourth-order valence-corrected chi connectivity index (χ4v) is 4.15. The lowest BCUT2D eigenvalue weighted by Gasteiger charge is -2.35. The van der Waals surface area contributed by atoms with Gasteiger partial charge in [-0.15, -0.1) is 10.2 Å². The Balaban J connectivity index is 1.89. The van der Waals surface area contributed by atoms with Gasteiger partial charge in [0, 0.05) is 17.8 Å². The van der Waals surface area contributed by atoms with Crippen molar-refractivity contribution in [1.82, 2.24) is 15.5 Å². The molecule has 1 heterocycles. The third-order valence-corrected chi connectivity index (χ3v) is 6.01. The van der Waals surface area contributed by atoms with Crippen molar-refractivity contribution in [3.8, 4) is 0 Å². The maximum atomic E-state index is 12.1. The van der Waals surface area contributed by atoms with Gasteiger partial charge in [-0.3, -0.25) is 4.79 Å². The van der Waals surface area contributed by atoms with Gasteiger partial charge in [0.05, 0.1) is 0 Å². The average Bonchev–Trinajstić information content (AvgIpc) is 2.95. The highest BCUT2D eigenvalue weighted by atomic mass is 32.2. The van der Waals surface area contributed by atoms with Gasteiger partial charge in [-0.2, -0.15) is 11.8 Å². The van der Waals surface area contributed by atoms with Gasteiger partial charge >= 0.3 is 0 Å². The lowest BCUT2D eigenvalue weighted by Crippen LogP contribution is -2.41. The van der Waals surface area contributed by atoms with Crippen molar-refractivity contribution in [3.63, 3.8) is 0 Å². The first-order valence-corrected chi connectivity index (χ1v) is 9.14. The number of carbonyl (C=O) groups excluding carboxylic acids is 1. The number of amides is 1. The van der Waals surface area contributed by atoms with Gasteiger partial charge in [-0.05, 0) is 26.0 Å². The van der Waals surface area contributed by atoms with Crippen molar-refractivity contribution in [3.05, 3.63) is 5.01 Å². The van der Waals surface area contributed by atoms with Gasteiger partial charge in [0.15, 0.2) is 0 Å². The Morgan fingerprint density at radius 3 is 2.75 bits per heavy atom. The van der Waals surface area contributed by atoms with Gasteiger partial charge < -0.3 is 10.6 Å². The zero-order valence-corrected chi connectivity index (χ0v) is 13.7. The van der Waals surface area contributed by atoms with Crippen molar-refractivity contribution in [2.45, 2.75) is 43.8 Å². The van der Waals surface area contributed by atoms with Crippen LogP contribution in [0.1, 0.15) is 48.8 Å². The van der Waals surface area contributed by atoms with Crippen LogP contribution < -0.4 is 10.6 Å². The van der Waals surface area contributed by atoms with E-state index in [1.165, 1.54) is 43.4 Å². The summed E-state index contributed by atoms with van der Waals surface area (Å²) < 4.78 is 0.211. The molecule has 1 saturated carbocycles. The topological polar surface area (TPSA) is 66.9 Å². The molecule has 1 amide bonds. The molecule has 20 heavy (non-hydrogen) atoms. The Hall–Kier alpha value is -0.820. The Bertz CT molecular complexity index is 443. The van der Waals surface area contributed by atoms with Crippen molar-refractivity contribution in [2.75, 3.05) is 24.7 Å². The molecule has 0 radical (unpaired) electrons. The molecular weight excluding hydrogens is 292 g/mol. The van der Waals surface area contributed by atoms with Crippen LogP contribution in [0.3, 0.4) is 0 Å². The summed E-state index contributed by atoms with van der Waals surface area (Å²) in [7, 11) is 0. The molecule has 0 unspecified atom stereocenters. The molecule has 0 aromatic carbocycles. The number of nitrogens with one attached hydrogen (secondary N) is 2. The zero-order chi connectivity index (χ0) is 14.4. The minimum absolute atomic E-state index is 0.106. The second kappa shape index (κ2) is 7.26. The molecule has 2 N–H and O–H groups in total. The number of hydrogen-bond donors (Lipinski definition) is 2. The standard InChI is InChI=1S/C13H22N4OS2/c1-3-14-12-17-16-11(20-12)10(18)15-9-13(19-2)7-5-4-6-8-13/h3-9H2,1-2H3,(H,14,17)(H,15,18).